The van der Waals surface area contributed by atoms with E-state index < -0.39 is 0 Å². The molecule has 2 unspecified atom stereocenters. The highest BCUT2D eigenvalue weighted by atomic mass is 16.1. The smallest absolute Gasteiger partial charge is 0.136 e. The van der Waals surface area contributed by atoms with Gasteiger partial charge in [0.05, 0.1) is 0 Å². The summed E-state index contributed by atoms with van der Waals surface area (Å²) >= 11 is 0. The molecule has 2 nitrogen and oxygen atoms in total. The first-order valence-electron chi connectivity index (χ1n) is 9.08. The van der Waals surface area contributed by atoms with Gasteiger partial charge < -0.3 is 4.90 Å². The van der Waals surface area contributed by atoms with E-state index in [1.54, 1.807) is 0 Å². The van der Waals surface area contributed by atoms with E-state index in [0.717, 1.165) is 32.1 Å². The summed E-state index contributed by atoms with van der Waals surface area (Å²) in [5.74, 6) is 0.934. The molecule has 2 bridgehead atoms. The van der Waals surface area contributed by atoms with Crippen molar-refractivity contribution < 1.29 is 4.79 Å². The van der Waals surface area contributed by atoms with Gasteiger partial charge >= 0.3 is 0 Å². The predicted octanol–water partition coefficient (Wildman–Crippen LogP) is 4.74. The Morgan fingerprint density at radius 2 is 1.71 bits per heavy atom. The van der Waals surface area contributed by atoms with Crippen LogP contribution in [0.15, 0.2) is 12.7 Å². The SMILES string of the molecule is C=CCCCCCCCC(=O)C1CC2CCCC(C1)N2C. The number of Topliss-reactive ketones (excluding diaryl/α,β-unsaturated/α-hetero) is 1. The Kier molecular flexibility index (Phi) is 6.95. The molecule has 0 aromatic rings. The molecule has 2 heterocycles. The van der Waals surface area contributed by atoms with Crippen molar-refractivity contribution in [2.75, 3.05) is 7.05 Å². The number of piperidine rings is 2. The van der Waals surface area contributed by atoms with Crippen LogP contribution in [0.1, 0.15) is 77.0 Å². The molecule has 0 N–H and O–H groups in total. The molecule has 0 radical (unpaired) electrons. The second kappa shape index (κ2) is 8.73. The van der Waals surface area contributed by atoms with Gasteiger partial charge in [-0.25, -0.2) is 0 Å². The second-order valence-corrected chi connectivity index (χ2v) is 7.13. The summed E-state index contributed by atoms with van der Waals surface area (Å²) in [6.45, 7) is 3.75. The molecule has 2 atom stereocenters. The third-order valence-corrected chi connectivity index (χ3v) is 5.63. The molecule has 120 valence electrons. The summed E-state index contributed by atoms with van der Waals surface area (Å²) in [4.78, 5) is 15.0. The first-order chi connectivity index (χ1) is 10.2. The van der Waals surface area contributed by atoms with Crippen molar-refractivity contribution in [3.63, 3.8) is 0 Å². The van der Waals surface area contributed by atoms with Crippen molar-refractivity contribution in [2.45, 2.75) is 89.1 Å². The summed E-state index contributed by atoms with van der Waals surface area (Å²) in [5.41, 5.74) is 0. The Bertz CT molecular complexity index is 324. The number of carbonyl (C=O) groups is 1. The van der Waals surface area contributed by atoms with E-state index in [4.69, 9.17) is 0 Å². The summed E-state index contributed by atoms with van der Waals surface area (Å²) in [5, 5.41) is 0. The Balaban J connectivity index is 1.61. The zero-order valence-electron chi connectivity index (χ0n) is 13.9. The van der Waals surface area contributed by atoms with Crippen LogP contribution in [0, 0.1) is 5.92 Å². The van der Waals surface area contributed by atoms with Crippen molar-refractivity contribution in [3.8, 4) is 0 Å². The average molecular weight is 291 g/mol. The van der Waals surface area contributed by atoms with Gasteiger partial charge in [-0.05, 0) is 52.0 Å². The predicted molar refractivity (Wildman–Crippen MR) is 89.4 cm³/mol. The fourth-order valence-corrected chi connectivity index (χ4v) is 4.20. The number of hydrogen-bond donors (Lipinski definition) is 0. The van der Waals surface area contributed by atoms with Crippen molar-refractivity contribution in [3.05, 3.63) is 12.7 Å². The number of rotatable bonds is 9. The van der Waals surface area contributed by atoms with Crippen molar-refractivity contribution in [1.82, 2.24) is 4.90 Å². The van der Waals surface area contributed by atoms with Crippen LogP contribution in [0.5, 0.6) is 0 Å². The third kappa shape index (κ3) is 4.95. The highest BCUT2D eigenvalue weighted by molar-refractivity contribution is 5.81. The van der Waals surface area contributed by atoms with Crippen LogP contribution in [-0.2, 0) is 4.79 Å². The number of fused-ring (bicyclic) bond motifs is 2. The van der Waals surface area contributed by atoms with Crippen LogP contribution in [0.2, 0.25) is 0 Å². The summed E-state index contributed by atoms with van der Waals surface area (Å²) in [6, 6.07) is 1.37. The van der Waals surface area contributed by atoms with E-state index in [9.17, 15) is 4.79 Å². The Hall–Kier alpha value is -0.630. The Labute approximate surface area is 131 Å². The summed E-state index contributed by atoms with van der Waals surface area (Å²) in [6.07, 6.45) is 16.4. The monoisotopic (exact) mass is 291 g/mol. The first kappa shape index (κ1) is 16.7. The number of allylic oxidation sites excluding steroid dienone is 1. The first-order valence-corrected chi connectivity index (χ1v) is 9.08. The van der Waals surface area contributed by atoms with Crippen LogP contribution in [-0.4, -0.2) is 29.8 Å². The number of ketones is 1. The minimum absolute atomic E-state index is 0.372. The van der Waals surface area contributed by atoms with Gasteiger partial charge in [0, 0.05) is 24.4 Å². The van der Waals surface area contributed by atoms with Crippen LogP contribution in [0.25, 0.3) is 0 Å². The highest BCUT2D eigenvalue weighted by Crippen LogP contribution is 2.36. The molecule has 0 spiro atoms. The molecule has 2 aliphatic rings. The standard InChI is InChI=1S/C19H33NO/c1-3-4-5-6-7-8-9-13-19(21)16-14-17-11-10-12-18(15-16)20(17)2/h3,16-18H,1,4-15H2,2H3. The Morgan fingerprint density at radius 3 is 2.38 bits per heavy atom. The average Bonchev–Trinajstić information content (AvgIpc) is 2.45. The van der Waals surface area contributed by atoms with Gasteiger partial charge in [0.15, 0.2) is 0 Å². The fourth-order valence-electron chi connectivity index (χ4n) is 4.20. The van der Waals surface area contributed by atoms with Gasteiger partial charge in [0.1, 0.15) is 5.78 Å². The minimum Gasteiger partial charge on any atom is -0.300 e. The summed E-state index contributed by atoms with van der Waals surface area (Å²) < 4.78 is 0. The molecule has 21 heavy (non-hydrogen) atoms. The molecule has 2 heteroatoms. The Morgan fingerprint density at radius 1 is 1.10 bits per heavy atom. The van der Waals surface area contributed by atoms with E-state index >= 15 is 0 Å². The van der Waals surface area contributed by atoms with Crippen molar-refractivity contribution >= 4 is 5.78 Å². The van der Waals surface area contributed by atoms with Gasteiger partial charge in [-0.3, -0.25) is 4.79 Å². The van der Waals surface area contributed by atoms with Crippen LogP contribution >= 0.6 is 0 Å². The minimum atomic E-state index is 0.372. The van der Waals surface area contributed by atoms with Gasteiger partial charge in [-0.1, -0.05) is 31.8 Å². The van der Waals surface area contributed by atoms with Crippen LogP contribution in [0.3, 0.4) is 0 Å². The third-order valence-electron chi connectivity index (χ3n) is 5.63. The van der Waals surface area contributed by atoms with Gasteiger partial charge in [-0.2, -0.15) is 0 Å². The van der Waals surface area contributed by atoms with Crippen LogP contribution < -0.4 is 0 Å². The lowest BCUT2D eigenvalue weighted by Gasteiger charge is -2.46. The normalized spacial score (nSPS) is 29.3. The van der Waals surface area contributed by atoms with E-state index in [2.05, 4.69) is 18.5 Å². The molecule has 0 saturated carbocycles. The molecular formula is C19H33NO. The molecule has 2 aliphatic heterocycles. The van der Waals surface area contributed by atoms with Crippen molar-refractivity contribution in [1.29, 1.82) is 0 Å². The zero-order valence-corrected chi connectivity index (χ0v) is 13.9. The molecule has 2 rings (SSSR count). The van der Waals surface area contributed by atoms with Crippen LogP contribution in [0.4, 0.5) is 0 Å². The topological polar surface area (TPSA) is 20.3 Å². The molecule has 0 amide bonds. The van der Waals surface area contributed by atoms with E-state index in [1.165, 1.54) is 44.9 Å². The number of carbonyl (C=O) groups excluding carboxylic acids is 1. The maximum Gasteiger partial charge on any atom is 0.136 e. The molecular weight excluding hydrogens is 258 g/mol. The fraction of sp³-hybridized carbons (Fsp3) is 0.842. The lowest BCUT2D eigenvalue weighted by molar-refractivity contribution is -0.126. The van der Waals surface area contributed by atoms with E-state index in [-0.39, 0.29) is 0 Å². The van der Waals surface area contributed by atoms with E-state index in [1.807, 2.05) is 6.08 Å². The maximum atomic E-state index is 12.4. The number of hydrogen-bond acceptors (Lipinski definition) is 2. The number of unbranched alkanes of at least 4 members (excludes halogenated alkanes) is 5. The highest BCUT2D eigenvalue weighted by Gasteiger charge is 2.38. The molecule has 0 aromatic carbocycles. The molecule has 0 aromatic heterocycles. The van der Waals surface area contributed by atoms with Gasteiger partial charge in [0.2, 0.25) is 0 Å². The maximum absolute atomic E-state index is 12.4. The second-order valence-electron chi connectivity index (χ2n) is 7.13. The largest absolute Gasteiger partial charge is 0.300 e. The molecule has 2 saturated heterocycles. The molecule has 0 aliphatic carbocycles. The lowest BCUT2D eigenvalue weighted by atomic mass is 9.76. The zero-order chi connectivity index (χ0) is 15.1. The molecule has 2 fully saturated rings. The van der Waals surface area contributed by atoms with Crippen molar-refractivity contribution in [2.24, 2.45) is 5.92 Å². The van der Waals surface area contributed by atoms with Gasteiger partial charge in [0.25, 0.3) is 0 Å². The summed E-state index contributed by atoms with van der Waals surface area (Å²) in [7, 11) is 2.26. The van der Waals surface area contributed by atoms with Gasteiger partial charge in [-0.15, -0.1) is 6.58 Å². The van der Waals surface area contributed by atoms with E-state index in [0.29, 0.717) is 23.8 Å². The number of nitrogens with zero attached hydrogens (tertiary/aromatic N) is 1. The quantitative estimate of drug-likeness (QED) is 0.452. The lowest BCUT2D eigenvalue weighted by Crippen LogP contribution is -2.51.